The van der Waals surface area contributed by atoms with Gasteiger partial charge in [0.25, 0.3) is 0 Å². The minimum atomic E-state index is -0.535. The first kappa shape index (κ1) is 13.4. The fourth-order valence-electron chi connectivity index (χ4n) is 1.53. The standard InChI is InChI=1S/C13H14F2N4/c1-8(16)7-17-13-5-4-12(18-19-13)10-6-9(14)2-3-11(10)15/h2-6,8H,7,16H2,1H3,(H,17,19). The molecule has 0 bridgehead atoms. The van der Waals surface area contributed by atoms with E-state index in [1.807, 2.05) is 6.92 Å². The summed E-state index contributed by atoms with van der Waals surface area (Å²) in [6.45, 7) is 2.42. The zero-order chi connectivity index (χ0) is 13.8. The van der Waals surface area contributed by atoms with Gasteiger partial charge < -0.3 is 11.1 Å². The highest BCUT2D eigenvalue weighted by atomic mass is 19.1. The van der Waals surface area contributed by atoms with Crippen LogP contribution in [0.2, 0.25) is 0 Å². The number of anilines is 1. The average Bonchev–Trinajstić information content (AvgIpc) is 2.40. The van der Waals surface area contributed by atoms with Crippen molar-refractivity contribution in [2.24, 2.45) is 5.73 Å². The molecule has 2 aromatic rings. The van der Waals surface area contributed by atoms with E-state index in [1.165, 1.54) is 0 Å². The SMILES string of the molecule is CC(N)CNc1ccc(-c2cc(F)ccc2F)nn1. The van der Waals surface area contributed by atoms with Gasteiger partial charge in [0, 0.05) is 18.2 Å². The van der Waals surface area contributed by atoms with Crippen LogP contribution in [0.1, 0.15) is 6.92 Å². The van der Waals surface area contributed by atoms with Crippen molar-refractivity contribution in [2.75, 3.05) is 11.9 Å². The molecule has 3 N–H and O–H groups in total. The number of rotatable bonds is 4. The molecule has 0 saturated heterocycles. The minimum absolute atomic E-state index is 0.0119. The van der Waals surface area contributed by atoms with E-state index in [1.54, 1.807) is 12.1 Å². The Morgan fingerprint density at radius 2 is 2.00 bits per heavy atom. The molecule has 1 heterocycles. The van der Waals surface area contributed by atoms with Crippen LogP contribution >= 0.6 is 0 Å². The normalized spacial score (nSPS) is 12.2. The van der Waals surface area contributed by atoms with Gasteiger partial charge in [0.2, 0.25) is 0 Å². The van der Waals surface area contributed by atoms with Crippen LogP contribution in [0.5, 0.6) is 0 Å². The van der Waals surface area contributed by atoms with Crippen LogP contribution in [-0.4, -0.2) is 22.8 Å². The number of aromatic nitrogens is 2. The van der Waals surface area contributed by atoms with Crippen LogP contribution in [0.15, 0.2) is 30.3 Å². The van der Waals surface area contributed by atoms with Gasteiger partial charge in [0.1, 0.15) is 17.5 Å². The topological polar surface area (TPSA) is 63.8 Å². The van der Waals surface area contributed by atoms with Gasteiger partial charge in [-0.3, -0.25) is 0 Å². The number of benzene rings is 1. The van der Waals surface area contributed by atoms with Gasteiger partial charge in [-0.05, 0) is 37.3 Å². The predicted octanol–water partition coefficient (Wildman–Crippen LogP) is 2.18. The molecule has 1 unspecified atom stereocenters. The Morgan fingerprint density at radius 3 is 2.63 bits per heavy atom. The van der Waals surface area contributed by atoms with Crippen molar-refractivity contribution in [3.05, 3.63) is 42.0 Å². The molecule has 1 atom stereocenters. The van der Waals surface area contributed by atoms with Gasteiger partial charge in [-0.1, -0.05) is 0 Å². The molecule has 2 rings (SSSR count). The highest BCUT2D eigenvalue weighted by Crippen LogP contribution is 2.21. The molecule has 100 valence electrons. The lowest BCUT2D eigenvalue weighted by Gasteiger charge is -2.08. The van der Waals surface area contributed by atoms with Crippen molar-refractivity contribution in [1.29, 1.82) is 0 Å². The summed E-state index contributed by atoms with van der Waals surface area (Å²) in [5, 5.41) is 10.7. The maximum Gasteiger partial charge on any atom is 0.148 e. The van der Waals surface area contributed by atoms with Gasteiger partial charge in [0.15, 0.2) is 0 Å². The summed E-state index contributed by atoms with van der Waals surface area (Å²) in [6.07, 6.45) is 0. The lowest BCUT2D eigenvalue weighted by molar-refractivity contribution is 0.602. The van der Waals surface area contributed by atoms with Crippen molar-refractivity contribution >= 4 is 5.82 Å². The molecule has 0 radical (unpaired) electrons. The molecule has 0 aliphatic carbocycles. The van der Waals surface area contributed by atoms with Gasteiger partial charge >= 0.3 is 0 Å². The molecule has 0 amide bonds. The minimum Gasteiger partial charge on any atom is -0.367 e. The fourth-order valence-corrected chi connectivity index (χ4v) is 1.53. The first-order valence-electron chi connectivity index (χ1n) is 5.85. The Hall–Kier alpha value is -2.08. The summed E-state index contributed by atoms with van der Waals surface area (Å²) in [5.41, 5.74) is 5.97. The molecule has 0 aliphatic rings. The monoisotopic (exact) mass is 264 g/mol. The van der Waals surface area contributed by atoms with Crippen molar-refractivity contribution in [2.45, 2.75) is 13.0 Å². The lowest BCUT2D eigenvalue weighted by atomic mass is 10.1. The third-order valence-electron chi connectivity index (χ3n) is 2.47. The molecule has 1 aromatic heterocycles. The zero-order valence-corrected chi connectivity index (χ0v) is 10.4. The van der Waals surface area contributed by atoms with E-state index < -0.39 is 11.6 Å². The van der Waals surface area contributed by atoms with Crippen LogP contribution in [0.3, 0.4) is 0 Å². The van der Waals surface area contributed by atoms with E-state index >= 15 is 0 Å². The smallest absolute Gasteiger partial charge is 0.148 e. The van der Waals surface area contributed by atoms with E-state index in [4.69, 9.17) is 5.73 Å². The summed E-state index contributed by atoms with van der Waals surface area (Å²) in [7, 11) is 0. The van der Waals surface area contributed by atoms with Gasteiger partial charge in [0.05, 0.1) is 5.69 Å². The first-order chi connectivity index (χ1) is 9.06. The van der Waals surface area contributed by atoms with E-state index in [9.17, 15) is 8.78 Å². The zero-order valence-electron chi connectivity index (χ0n) is 10.4. The number of hydrogen-bond acceptors (Lipinski definition) is 4. The molecule has 0 spiro atoms. The summed E-state index contributed by atoms with van der Waals surface area (Å²) in [4.78, 5) is 0. The maximum atomic E-state index is 13.5. The van der Waals surface area contributed by atoms with Crippen LogP contribution in [0.25, 0.3) is 11.3 Å². The second-order valence-corrected chi connectivity index (χ2v) is 4.29. The Kier molecular flexibility index (Phi) is 4.01. The van der Waals surface area contributed by atoms with Crippen LogP contribution in [0, 0.1) is 11.6 Å². The van der Waals surface area contributed by atoms with E-state index in [-0.39, 0.29) is 17.3 Å². The average molecular weight is 264 g/mol. The van der Waals surface area contributed by atoms with Crippen molar-refractivity contribution in [3.63, 3.8) is 0 Å². The van der Waals surface area contributed by atoms with E-state index in [2.05, 4.69) is 15.5 Å². The molecule has 6 heteroatoms. The number of nitrogens with one attached hydrogen (secondary N) is 1. The van der Waals surface area contributed by atoms with E-state index in [0.717, 1.165) is 18.2 Å². The summed E-state index contributed by atoms with van der Waals surface area (Å²) in [6, 6.07) is 6.43. The molecule has 4 nitrogen and oxygen atoms in total. The third kappa shape index (κ3) is 3.45. The molecule has 0 fully saturated rings. The first-order valence-corrected chi connectivity index (χ1v) is 5.85. The Morgan fingerprint density at radius 1 is 1.21 bits per heavy atom. The van der Waals surface area contributed by atoms with Crippen LogP contribution < -0.4 is 11.1 Å². The molecular formula is C13H14F2N4. The maximum absolute atomic E-state index is 13.5. The van der Waals surface area contributed by atoms with Crippen LogP contribution in [0.4, 0.5) is 14.6 Å². The van der Waals surface area contributed by atoms with Gasteiger partial charge in [-0.25, -0.2) is 8.78 Å². The van der Waals surface area contributed by atoms with Crippen molar-refractivity contribution in [1.82, 2.24) is 10.2 Å². The Bertz CT molecular complexity index is 555. The summed E-state index contributed by atoms with van der Waals surface area (Å²) >= 11 is 0. The molecule has 0 saturated carbocycles. The molecular weight excluding hydrogens is 250 g/mol. The van der Waals surface area contributed by atoms with E-state index in [0.29, 0.717) is 12.4 Å². The fraction of sp³-hybridized carbons (Fsp3) is 0.231. The highest BCUT2D eigenvalue weighted by molar-refractivity contribution is 5.60. The second kappa shape index (κ2) is 5.71. The van der Waals surface area contributed by atoms with Gasteiger partial charge in [-0.2, -0.15) is 0 Å². The molecule has 1 aromatic carbocycles. The second-order valence-electron chi connectivity index (χ2n) is 4.29. The van der Waals surface area contributed by atoms with Crippen molar-refractivity contribution < 1.29 is 8.78 Å². The summed E-state index contributed by atoms with van der Waals surface area (Å²) in [5.74, 6) is -0.512. The molecule has 0 aliphatic heterocycles. The number of halogens is 2. The Labute approximate surface area is 109 Å². The van der Waals surface area contributed by atoms with Crippen molar-refractivity contribution in [3.8, 4) is 11.3 Å². The number of hydrogen-bond donors (Lipinski definition) is 2. The predicted molar refractivity (Wildman–Crippen MR) is 69.5 cm³/mol. The van der Waals surface area contributed by atoms with Crippen LogP contribution in [-0.2, 0) is 0 Å². The largest absolute Gasteiger partial charge is 0.367 e. The lowest BCUT2D eigenvalue weighted by Crippen LogP contribution is -2.25. The Balaban J connectivity index is 2.20. The third-order valence-corrected chi connectivity index (χ3v) is 2.47. The highest BCUT2D eigenvalue weighted by Gasteiger charge is 2.08. The summed E-state index contributed by atoms with van der Waals surface area (Å²) < 4.78 is 26.6. The molecule has 19 heavy (non-hydrogen) atoms. The quantitative estimate of drug-likeness (QED) is 0.888. The number of nitrogens with zero attached hydrogens (tertiary/aromatic N) is 2. The number of nitrogens with two attached hydrogens (primary N) is 1. The van der Waals surface area contributed by atoms with Gasteiger partial charge in [-0.15, -0.1) is 10.2 Å².